The number of primary amides is 2. The van der Waals surface area contributed by atoms with Crippen LogP contribution >= 0.6 is 0 Å². The molecule has 0 radical (unpaired) electrons. The van der Waals surface area contributed by atoms with Crippen molar-refractivity contribution >= 4 is 29.5 Å². The Morgan fingerprint density at radius 2 is 1.50 bits per heavy atom. The molecule has 0 aliphatic rings. The maximum absolute atomic E-state index is 11.1. The minimum absolute atomic E-state index is 0.234. The first-order chi connectivity index (χ1) is 7.20. The van der Waals surface area contributed by atoms with E-state index in [4.69, 9.17) is 5.11 Å². The predicted molar refractivity (Wildman–Crippen MR) is 47.6 cm³/mol. The van der Waals surface area contributed by atoms with Gasteiger partial charge in [-0.15, -0.1) is 0 Å². The Hall–Kier alpha value is -2.45. The molecule has 0 unspecified atom stereocenters. The van der Waals surface area contributed by atoms with E-state index < -0.39 is 35.5 Å². The number of ketones is 1. The number of carbonyl (C=O) groups excluding carboxylic acids is 4. The topological polar surface area (TPSA) is 161 Å². The first kappa shape index (κ1) is 13.5. The van der Waals surface area contributed by atoms with E-state index in [1.165, 1.54) is 0 Å². The minimum Gasteiger partial charge on any atom is -0.479 e. The van der Waals surface area contributed by atoms with Crippen LogP contribution in [0.5, 0.6) is 0 Å². The highest BCUT2D eigenvalue weighted by atomic mass is 16.4. The molecule has 0 rings (SSSR count). The van der Waals surface area contributed by atoms with E-state index in [0.717, 1.165) is 7.05 Å². The van der Waals surface area contributed by atoms with Crippen LogP contribution in [0.15, 0.2) is 0 Å². The summed E-state index contributed by atoms with van der Waals surface area (Å²) in [5.41, 5.74) is 9.18. The number of amides is 3. The molecule has 0 aromatic carbocycles. The fourth-order valence-electron chi connectivity index (χ4n) is 0.880. The van der Waals surface area contributed by atoms with E-state index in [9.17, 15) is 24.0 Å². The molecule has 0 aromatic rings. The lowest BCUT2D eigenvalue weighted by Gasteiger charge is -2.20. The maximum Gasteiger partial charge on any atom is 0.334 e. The lowest BCUT2D eigenvalue weighted by molar-refractivity contribution is -0.157. The molecule has 0 aromatic heterocycles. The minimum atomic E-state index is -2.16. The van der Waals surface area contributed by atoms with Crippen molar-refractivity contribution in [3.63, 3.8) is 0 Å². The van der Waals surface area contributed by atoms with Crippen LogP contribution in [0.25, 0.3) is 0 Å². The highest BCUT2D eigenvalue weighted by Gasteiger charge is 2.37. The summed E-state index contributed by atoms with van der Waals surface area (Å²) in [6, 6.07) is -2.16. The quantitative estimate of drug-likeness (QED) is 0.335. The number of hydrogen-bond acceptors (Lipinski definition) is 5. The zero-order valence-corrected chi connectivity index (χ0v) is 8.17. The first-order valence-electron chi connectivity index (χ1n) is 3.83. The van der Waals surface area contributed by atoms with E-state index in [-0.39, 0.29) is 4.90 Å². The highest BCUT2D eigenvalue weighted by molar-refractivity contribution is 6.43. The number of carboxylic acids is 1. The number of rotatable bonds is 4. The molecule has 3 amide bonds. The third kappa shape index (κ3) is 2.77. The van der Waals surface area contributed by atoms with Gasteiger partial charge < -0.3 is 21.5 Å². The van der Waals surface area contributed by atoms with Gasteiger partial charge in [0.05, 0.1) is 0 Å². The summed E-state index contributed by atoms with van der Waals surface area (Å²) < 4.78 is 0. The van der Waals surface area contributed by atoms with Crippen LogP contribution in [-0.2, 0) is 24.0 Å². The molecule has 88 valence electrons. The monoisotopic (exact) mass is 231 g/mol. The molecule has 9 nitrogen and oxygen atoms in total. The standard InChI is InChI=1S/C7H9N3O6/c1-10(6(14)5(9)13)2(7(15)16)3(11)4(8)12/h2H,1H3,(H2,8,12)(H2,9,13)(H,15,16)/t2-/m0/s1. The van der Waals surface area contributed by atoms with E-state index in [1.54, 1.807) is 0 Å². The SMILES string of the molecule is CN(C(=O)C(N)=O)[C@H](C(=O)O)C(=O)C(N)=O. The van der Waals surface area contributed by atoms with E-state index >= 15 is 0 Å². The molecule has 0 aliphatic heterocycles. The molecule has 5 N–H and O–H groups in total. The lowest BCUT2D eigenvalue weighted by atomic mass is 10.1. The van der Waals surface area contributed by atoms with Crippen LogP contribution in [0.2, 0.25) is 0 Å². The third-order valence-corrected chi connectivity index (χ3v) is 1.64. The summed E-state index contributed by atoms with van der Waals surface area (Å²) in [4.78, 5) is 53.9. The van der Waals surface area contributed by atoms with Crippen LogP contribution in [0, 0.1) is 0 Å². The molecule has 0 saturated heterocycles. The second-order valence-corrected chi connectivity index (χ2v) is 2.75. The molecular formula is C7H9N3O6. The zero-order chi connectivity index (χ0) is 13.0. The van der Waals surface area contributed by atoms with Gasteiger partial charge in [-0.3, -0.25) is 19.2 Å². The molecule has 0 spiro atoms. The van der Waals surface area contributed by atoms with Crippen molar-refractivity contribution in [3.05, 3.63) is 0 Å². The number of carboxylic acid groups (broad SMARTS) is 1. The molecular weight excluding hydrogens is 222 g/mol. The second kappa shape index (κ2) is 4.87. The second-order valence-electron chi connectivity index (χ2n) is 2.75. The number of nitrogens with zero attached hydrogens (tertiary/aromatic N) is 1. The zero-order valence-electron chi connectivity index (χ0n) is 8.17. The largest absolute Gasteiger partial charge is 0.479 e. The van der Waals surface area contributed by atoms with Gasteiger partial charge >= 0.3 is 17.8 Å². The van der Waals surface area contributed by atoms with Gasteiger partial charge in [0, 0.05) is 7.05 Å². The Kier molecular flexibility index (Phi) is 4.12. The lowest BCUT2D eigenvalue weighted by Crippen LogP contribution is -2.54. The molecule has 0 heterocycles. The predicted octanol–water partition coefficient (Wildman–Crippen LogP) is -3.56. The molecule has 0 aliphatic carbocycles. The van der Waals surface area contributed by atoms with Gasteiger partial charge in [-0.25, -0.2) is 4.79 Å². The van der Waals surface area contributed by atoms with Crippen LogP contribution in [-0.4, -0.2) is 52.6 Å². The van der Waals surface area contributed by atoms with E-state index in [0.29, 0.717) is 0 Å². The number of nitrogens with two attached hydrogens (primary N) is 2. The summed E-state index contributed by atoms with van der Waals surface area (Å²) in [5, 5.41) is 8.62. The highest BCUT2D eigenvalue weighted by Crippen LogP contribution is 1.99. The van der Waals surface area contributed by atoms with Gasteiger partial charge in [0.15, 0.2) is 6.04 Å². The third-order valence-electron chi connectivity index (χ3n) is 1.64. The van der Waals surface area contributed by atoms with Crippen LogP contribution < -0.4 is 11.5 Å². The van der Waals surface area contributed by atoms with Crippen LogP contribution in [0.3, 0.4) is 0 Å². The van der Waals surface area contributed by atoms with Crippen molar-refractivity contribution in [2.75, 3.05) is 7.05 Å². The first-order valence-corrected chi connectivity index (χ1v) is 3.83. The Labute approximate surface area is 89.0 Å². The fourth-order valence-corrected chi connectivity index (χ4v) is 0.880. The normalized spacial score (nSPS) is 11.3. The molecule has 1 atom stereocenters. The number of hydrogen-bond donors (Lipinski definition) is 3. The number of likely N-dealkylation sites (N-methyl/N-ethyl adjacent to an activating group) is 1. The molecule has 0 fully saturated rings. The van der Waals surface area contributed by atoms with Crippen molar-refractivity contribution in [3.8, 4) is 0 Å². The summed E-state index contributed by atoms with van der Waals surface area (Å²) in [7, 11) is 0.840. The average molecular weight is 231 g/mol. The van der Waals surface area contributed by atoms with Crippen molar-refractivity contribution in [2.24, 2.45) is 11.5 Å². The van der Waals surface area contributed by atoms with Crippen LogP contribution in [0.1, 0.15) is 0 Å². The Morgan fingerprint density at radius 1 is 1.06 bits per heavy atom. The molecule has 0 bridgehead atoms. The van der Waals surface area contributed by atoms with Gasteiger partial charge in [-0.2, -0.15) is 0 Å². The summed E-state index contributed by atoms with van der Waals surface area (Å²) in [6.07, 6.45) is 0. The van der Waals surface area contributed by atoms with Gasteiger partial charge in [0.2, 0.25) is 0 Å². The summed E-state index contributed by atoms with van der Waals surface area (Å²) in [5.74, 6) is -7.71. The Balaban J connectivity index is 5.16. The number of carbonyl (C=O) groups is 5. The molecule has 0 saturated carbocycles. The number of aliphatic carboxylic acids is 1. The van der Waals surface area contributed by atoms with Gasteiger partial charge in [-0.05, 0) is 0 Å². The fraction of sp³-hybridized carbons (Fsp3) is 0.286. The maximum atomic E-state index is 11.1. The van der Waals surface area contributed by atoms with E-state index in [1.807, 2.05) is 0 Å². The van der Waals surface area contributed by atoms with Crippen molar-refractivity contribution in [1.29, 1.82) is 0 Å². The molecule has 16 heavy (non-hydrogen) atoms. The van der Waals surface area contributed by atoms with Crippen molar-refractivity contribution < 1.29 is 29.1 Å². The summed E-state index contributed by atoms with van der Waals surface area (Å²) >= 11 is 0. The average Bonchev–Trinajstić information content (AvgIpc) is 2.15. The molecule has 9 heteroatoms. The van der Waals surface area contributed by atoms with Gasteiger partial charge in [-0.1, -0.05) is 0 Å². The van der Waals surface area contributed by atoms with Gasteiger partial charge in [0.25, 0.3) is 11.7 Å². The van der Waals surface area contributed by atoms with E-state index in [2.05, 4.69) is 11.5 Å². The van der Waals surface area contributed by atoms with Crippen molar-refractivity contribution in [1.82, 2.24) is 4.90 Å². The van der Waals surface area contributed by atoms with Gasteiger partial charge in [0.1, 0.15) is 0 Å². The van der Waals surface area contributed by atoms with Crippen LogP contribution in [0.4, 0.5) is 0 Å². The Bertz CT molecular complexity index is 376. The smallest absolute Gasteiger partial charge is 0.334 e. The van der Waals surface area contributed by atoms with Crippen molar-refractivity contribution in [2.45, 2.75) is 6.04 Å². The summed E-state index contributed by atoms with van der Waals surface area (Å²) in [6.45, 7) is 0. The number of Topliss-reactive ketones (excluding diaryl/α,β-unsaturated/α-hetero) is 1. The Morgan fingerprint density at radius 3 is 1.75 bits per heavy atom.